The molecule has 2 N–H and O–H groups in total. The molecule has 272 valence electrons. The maximum Gasteiger partial charge on any atom is 0.170 e. The number of nitrogens with zero attached hydrogens (tertiary/aromatic N) is 7. The molecule has 2 aromatic carbocycles. The summed E-state index contributed by atoms with van der Waals surface area (Å²) in [4.78, 5) is 12.1. The molecule has 2 aromatic heterocycles. The van der Waals surface area contributed by atoms with Crippen molar-refractivity contribution in [1.82, 2.24) is 24.6 Å². The number of hydrogen-bond acceptors (Lipinski definition) is 10. The molecule has 1 unspecified atom stereocenters. The lowest BCUT2D eigenvalue weighted by atomic mass is 10.0. The van der Waals surface area contributed by atoms with Gasteiger partial charge >= 0.3 is 0 Å². The molecule has 11 nitrogen and oxygen atoms in total. The van der Waals surface area contributed by atoms with Crippen molar-refractivity contribution in [2.75, 3.05) is 82.8 Å². The van der Waals surface area contributed by atoms with Gasteiger partial charge < -0.3 is 29.7 Å². The van der Waals surface area contributed by atoms with Crippen molar-refractivity contribution in [3.63, 3.8) is 0 Å². The Bertz CT molecular complexity index is 1930. The third-order valence-electron chi connectivity index (χ3n) is 9.73. The average molecular weight is 777 g/mol. The molecule has 1 aliphatic heterocycles. The standard InChI is InChI=1S/C38H51BrN9O2P/c1-9-26-19-33(36(50-6)22-35(26)46(4)14-13-28(10-2)48-17-15-45(3)16-18-48)43-38-21-32(30(39)24-41-38)42-31-12-11-27(20-37(31)51(7,8)49)29-25-47(5)44-34(29)23-40/h11-12,19-22,24-25,28H,9-10,13-18H2,1-8H3,(H2,41,42,43). The Morgan fingerprint density at radius 3 is 2.45 bits per heavy atom. The van der Waals surface area contributed by atoms with Gasteiger partial charge in [-0.1, -0.05) is 19.9 Å². The van der Waals surface area contributed by atoms with Crippen LogP contribution < -0.4 is 25.6 Å². The summed E-state index contributed by atoms with van der Waals surface area (Å²) in [6.07, 6.45) is 6.68. The normalized spacial score (nSPS) is 14.6. The van der Waals surface area contributed by atoms with Gasteiger partial charge in [0.25, 0.3) is 0 Å². The Morgan fingerprint density at radius 2 is 1.80 bits per heavy atom. The molecule has 0 saturated carbocycles. The summed E-state index contributed by atoms with van der Waals surface area (Å²) in [5, 5.41) is 21.5. The second-order valence-electron chi connectivity index (χ2n) is 13.7. The molecule has 3 heterocycles. The van der Waals surface area contributed by atoms with Gasteiger partial charge in [0.1, 0.15) is 24.8 Å². The lowest BCUT2D eigenvalue weighted by Gasteiger charge is -2.38. The zero-order valence-electron chi connectivity index (χ0n) is 31.1. The first-order valence-electron chi connectivity index (χ1n) is 17.5. The number of pyridine rings is 1. The molecule has 0 radical (unpaired) electrons. The number of benzene rings is 2. The first-order valence-corrected chi connectivity index (χ1v) is 20.9. The molecular formula is C38H51BrN9O2P. The van der Waals surface area contributed by atoms with Gasteiger partial charge in [0, 0.05) is 99.6 Å². The fraction of sp³-hybridized carbons (Fsp3) is 0.447. The average Bonchev–Trinajstić information content (AvgIpc) is 3.50. The minimum atomic E-state index is -2.74. The highest BCUT2D eigenvalue weighted by Crippen LogP contribution is 2.42. The number of nitrogens with one attached hydrogen (secondary N) is 2. The number of ether oxygens (including phenoxy) is 1. The lowest BCUT2D eigenvalue weighted by molar-refractivity contribution is 0.105. The molecule has 0 amide bonds. The van der Waals surface area contributed by atoms with E-state index in [9.17, 15) is 9.83 Å². The van der Waals surface area contributed by atoms with Crippen LogP contribution in [0.3, 0.4) is 0 Å². The van der Waals surface area contributed by atoms with Crippen molar-refractivity contribution < 1.29 is 9.30 Å². The number of methoxy groups -OCH3 is 1. The van der Waals surface area contributed by atoms with Crippen molar-refractivity contribution in [2.45, 2.75) is 39.2 Å². The summed E-state index contributed by atoms with van der Waals surface area (Å²) in [5.41, 5.74) is 6.51. The number of hydrogen-bond donors (Lipinski definition) is 2. The SMILES string of the molecule is CCc1cc(Nc2cc(Nc3ccc(-c4cn(C)nc4C#N)cc3P(C)(C)=O)c(Br)cn2)c(OC)cc1N(C)CCC(CC)N1CCN(C)CC1. The molecule has 1 aliphatic rings. The highest BCUT2D eigenvalue weighted by Gasteiger charge is 2.23. The van der Waals surface area contributed by atoms with Crippen molar-refractivity contribution in [3.05, 3.63) is 64.5 Å². The monoisotopic (exact) mass is 775 g/mol. The van der Waals surface area contributed by atoms with Crippen LogP contribution in [-0.2, 0) is 18.0 Å². The largest absolute Gasteiger partial charge is 0.494 e. The van der Waals surface area contributed by atoms with Crippen LogP contribution in [0.1, 0.15) is 37.9 Å². The Labute approximate surface area is 311 Å². The second kappa shape index (κ2) is 16.6. The van der Waals surface area contributed by atoms with E-state index in [4.69, 9.17) is 4.74 Å². The van der Waals surface area contributed by atoms with E-state index in [1.165, 1.54) is 11.3 Å². The van der Waals surface area contributed by atoms with Gasteiger partial charge in [-0.2, -0.15) is 10.4 Å². The van der Waals surface area contributed by atoms with E-state index in [-0.39, 0.29) is 0 Å². The number of likely N-dealkylation sites (N-methyl/N-ethyl adjacent to an activating group) is 1. The fourth-order valence-corrected chi connectivity index (χ4v) is 8.21. The van der Waals surface area contributed by atoms with Gasteiger partial charge in [-0.05, 0) is 84.9 Å². The molecule has 5 rings (SSSR count). The number of anilines is 5. The van der Waals surface area contributed by atoms with Crippen LogP contribution >= 0.6 is 23.1 Å². The number of nitriles is 1. The van der Waals surface area contributed by atoms with E-state index >= 15 is 0 Å². The Kier molecular flexibility index (Phi) is 12.5. The van der Waals surface area contributed by atoms with Crippen molar-refractivity contribution >= 4 is 56.9 Å². The van der Waals surface area contributed by atoms with Crippen molar-refractivity contribution in [2.24, 2.45) is 7.05 Å². The molecule has 51 heavy (non-hydrogen) atoms. The minimum absolute atomic E-state index is 0.325. The number of aromatic nitrogens is 3. The van der Waals surface area contributed by atoms with Crippen LogP contribution in [0.4, 0.5) is 28.6 Å². The van der Waals surface area contributed by atoms with Crippen molar-refractivity contribution in [1.29, 1.82) is 5.26 Å². The molecule has 1 fully saturated rings. The highest BCUT2D eigenvalue weighted by atomic mass is 79.9. The summed E-state index contributed by atoms with van der Waals surface area (Å²) in [7, 11) is 5.12. The summed E-state index contributed by atoms with van der Waals surface area (Å²) in [6.45, 7) is 13.5. The van der Waals surface area contributed by atoms with E-state index in [0.717, 1.165) is 79.1 Å². The van der Waals surface area contributed by atoms with Crippen LogP contribution in [0.15, 0.2) is 53.3 Å². The fourth-order valence-electron chi connectivity index (χ4n) is 6.73. The summed E-state index contributed by atoms with van der Waals surface area (Å²) in [6, 6.07) is 14.6. The van der Waals surface area contributed by atoms with Crippen LogP contribution in [0, 0.1) is 11.3 Å². The third kappa shape index (κ3) is 9.14. The van der Waals surface area contributed by atoms with Crippen LogP contribution in [0.25, 0.3) is 11.1 Å². The van der Waals surface area contributed by atoms with Crippen LogP contribution in [-0.4, -0.2) is 97.9 Å². The Balaban J connectivity index is 1.37. The lowest BCUT2D eigenvalue weighted by Crippen LogP contribution is -2.49. The third-order valence-corrected chi connectivity index (χ3v) is 11.9. The number of halogens is 1. The van der Waals surface area contributed by atoms with Gasteiger partial charge in [0.15, 0.2) is 5.69 Å². The van der Waals surface area contributed by atoms with Gasteiger partial charge in [0.05, 0.1) is 23.0 Å². The summed E-state index contributed by atoms with van der Waals surface area (Å²) < 4.78 is 21.8. The van der Waals surface area contributed by atoms with E-state index in [1.54, 1.807) is 44.6 Å². The van der Waals surface area contributed by atoms with Gasteiger partial charge in [0.2, 0.25) is 0 Å². The number of rotatable bonds is 14. The summed E-state index contributed by atoms with van der Waals surface area (Å²) in [5.74, 6) is 1.37. The smallest absolute Gasteiger partial charge is 0.170 e. The second-order valence-corrected chi connectivity index (χ2v) is 17.7. The first-order chi connectivity index (χ1) is 24.3. The summed E-state index contributed by atoms with van der Waals surface area (Å²) >= 11 is 3.65. The maximum absolute atomic E-state index is 13.6. The Morgan fingerprint density at radius 1 is 1.06 bits per heavy atom. The predicted octanol–water partition coefficient (Wildman–Crippen LogP) is 7.27. The van der Waals surface area contributed by atoms with E-state index < -0.39 is 7.14 Å². The van der Waals surface area contributed by atoms with E-state index in [1.807, 2.05) is 24.3 Å². The predicted molar refractivity (Wildman–Crippen MR) is 214 cm³/mol. The molecular weight excluding hydrogens is 725 g/mol. The maximum atomic E-state index is 13.6. The zero-order valence-corrected chi connectivity index (χ0v) is 33.6. The first kappa shape index (κ1) is 38.4. The zero-order chi connectivity index (χ0) is 36.9. The minimum Gasteiger partial charge on any atom is -0.494 e. The van der Waals surface area contributed by atoms with Gasteiger partial charge in [-0.25, -0.2) is 4.98 Å². The van der Waals surface area contributed by atoms with Gasteiger partial charge in [-0.3, -0.25) is 9.58 Å². The number of aryl methyl sites for hydroxylation is 2. The van der Waals surface area contributed by atoms with Crippen LogP contribution in [0.5, 0.6) is 5.75 Å². The molecule has 0 bridgehead atoms. The Hall–Kier alpha value is -3.88. The van der Waals surface area contributed by atoms with E-state index in [2.05, 4.69) is 97.5 Å². The quantitative estimate of drug-likeness (QED) is 0.127. The number of piperazine rings is 1. The topological polar surface area (TPSA) is 115 Å². The molecule has 1 atom stereocenters. The molecule has 13 heteroatoms. The molecule has 0 spiro atoms. The van der Waals surface area contributed by atoms with E-state index in [0.29, 0.717) is 34.1 Å². The molecule has 1 saturated heterocycles. The van der Waals surface area contributed by atoms with Crippen LogP contribution in [0.2, 0.25) is 0 Å². The molecule has 0 aliphatic carbocycles. The molecule has 4 aromatic rings. The van der Waals surface area contributed by atoms with Gasteiger partial charge in [-0.15, -0.1) is 0 Å². The highest BCUT2D eigenvalue weighted by molar-refractivity contribution is 9.10. The van der Waals surface area contributed by atoms with Crippen molar-refractivity contribution in [3.8, 4) is 22.9 Å².